The molecule has 5 aliphatic rings. The van der Waals surface area contributed by atoms with Crippen molar-refractivity contribution < 1.29 is 72.1 Å². The number of aliphatic hydroxyl groups is 2. The monoisotopic (exact) mass is 1310 g/mol. The first-order chi connectivity index (χ1) is 45.5. The largest absolute Gasteiger partial charge is 0.393 e. The topological polar surface area (TPSA) is 346 Å². The Hall–Kier alpha value is -8.84. The molecule has 10 N–H and O–H groups in total. The predicted octanol–water partition coefficient (Wildman–Crippen LogP) is 2.81. The molecular formula is C71H86FN9O14. The van der Waals surface area contributed by atoms with Crippen LogP contribution in [0, 0.1) is 17.7 Å². The van der Waals surface area contributed by atoms with Gasteiger partial charge in [0.1, 0.15) is 47.9 Å². The summed E-state index contributed by atoms with van der Waals surface area (Å²) >= 11 is 0. The average Bonchev–Trinajstić information content (AvgIpc) is 1.70. The van der Waals surface area contributed by atoms with Crippen LogP contribution in [0.25, 0.3) is 10.9 Å². The number of aromatic nitrogens is 1. The maximum atomic E-state index is 15.7. The zero-order chi connectivity index (χ0) is 68.1. The first kappa shape index (κ1) is 70.5. The quantitative estimate of drug-likeness (QED) is 0.106. The number of nitrogens with two attached hydrogens (primary N) is 1. The average molecular weight is 1310 g/mol. The van der Waals surface area contributed by atoms with E-state index in [9.17, 15) is 43.8 Å². The summed E-state index contributed by atoms with van der Waals surface area (Å²) in [6.45, 7) is 3.44. The van der Waals surface area contributed by atoms with Crippen LogP contribution in [0.15, 0.2) is 97.2 Å². The molecule has 5 aliphatic heterocycles. The highest BCUT2D eigenvalue weighted by Crippen LogP contribution is 2.34. The molecule has 10 atom stereocenters. The van der Waals surface area contributed by atoms with Crippen LogP contribution < -0.4 is 32.3 Å². The van der Waals surface area contributed by atoms with Gasteiger partial charge in [0.15, 0.2) is 17.3 Å². The predicted molar refractivity (Wildman–Crippen MR) is 347 cm³/mol. The molecule has 2 saturated heterocycles. The molecule has 95 heavy (non-hydrogen) atoms. The summed E-state index contributed by atoms with van der Waals surface area (Å²) in [7, 11) is 0. The van der Waals surface area contributed by atoms with E-state index >= 15 is 23.6 Å². The second-order valence-corrected chi connectivity index (χ2v) is 25.9. The summed E-state index contributed by atoms with van der Waals surface area (Å²) in [4.78, 5) is 165. The number of hydrogen-bond donors (Lipinski definition) is 9. The Bertz CT molecular complexity index is 3670. The summed E-state index contributed by atoms with van der Waals surface area (Å²) in [6.07, 6.45) is -1.35. The molecule has 0 saturated carbocycles. The molecular weight excluding hydrogens is 1220 g/mol. The van der Waals surface area contributed by atoms with E-state index in [4.69, 9.17) is 10.5 Å². The molecule has 10 rings (SSSR count). The number of benzene rings is 4. The lowest BCUT2D eigenvalue weighted by atomic mass is 9.87. The molecule has 506 valence electrons. The zero-order valence-corrected chi connectivity index (χ0v) is 53.9. The van der Waals surface area contributed by atoms with Crippen molar-refractivity contribution in [2.24, 2.45) is 17.6 Å². The molecule has 8 bridgehead atoms. The standard InChI is InChI=1S/C71H86FN9O14/c1-41-65(89)78-57-32-48-7-4-6-45(30-48)17-20-53(85)40-95-62-25-29-80(68(92)49(34-60(57)86)33-50-38-75-56-22-18-51(72)35-55(50)56)64(62)61(87)36-54(42(2)83)66(90)79-58(31-46-12-14-47(39-82)15-13-46)69(93)81-28-5-26-71(81,3)70(94)74-27-24-44-10-8-43(9-11-44)16-19-52(84)21-23-63(88)77-59(37-73)67(91)76-41/h4,6-15,18,22,30,35,38,41-42,49,54,57-59,62,64,75,82-83H,5,16-17,19-21,23-29,31-34,36-37,39-40,73H2,1-3H3,(H,74,94)(H,76,91)(H,77,88)(H,78,89)(H,79,90)/t41-,42-,49-,54+,57+,58+,59+,62+,64-,71+/m1/s1. The fourth-order valence-electron chi connectivity index (χ4n) is 13.2. The number of amides is 7. The molecule has 1 aromatic heterocycles. The van der Waals surface area contributed by atoms with Gasteiger partial charge in [-0.2, -0.15) is 0 Å². The van der Waals surface area contributed by atoms with Crippen LogP contribution in [0.2, 0.25) is 0 Å². The number of Topliss-reactive ketones (excluding diaryl/α,β-unsaturated/α-hetero) is 4. The van der Waals surface area contributed by atoms with Crippen molar-refractivity contribution in [3.63, 3.8) is 0 Å². The van der Waals surface area contributed by atoms with Gasteiger partial charge in [0.05, 0.1) is 30.8 Å². The van der Waals surface area contributed by atoms with E-state index in [2.05, 4.69) is 31.6 Å². The summed E-state index contributed by atoms with van der Waals surface area (Å²) in [5.41, 5.74) is 9.71. The number of rotatable bonds is 7. The minimum absolute atomic E-state index is 0.0135. The maximum absolute atomic E-state index is 15.7. The van der Waals surface area contributed by atoms with Crippen molar-refractivity contribution >= 4 is 75.4 Å². The lowest BCUT2D eigenvalue weighted by Gasteiger charge is -2.37. The van der Waals surface area contributed by atoms with Gasteiger partial charge in [-0.1, -0.05) is 72.8 Å². The third-order valence-electron chi connectivity index (χ3n) is 18.9. The Kier molecular flexibility index (Phi) is 23.8. The normalized spacial score (nSPS) is 26.3. The molecule has 0 spiro atoms. The highest BCUT2D eigenvalue weighted by atomic mass is 19.1. The van der Waals surface area contributed by atoms with E-state index in [0.717, 1.165) is 11.1 Å². The van der Waals surface area contributed by atoms with Crippen molar-refractivity contribution in [3.8, 4) is 0 Å². The Morgan fingerprint density at radius 1 is 0.684 bits per heavy atom. The number of hydrogen-bond acceptors (Lipinski definition) is 15. The van der Waals surface area contributed by atoms with Crippen molar-refractivity contribution in [3.05, 3.63) is 142 Å². The van der Waals surface area contributed by atoms with Gasteiger partial charge >= 0.3 is 0 Å². The van der Waals surface area contributed by atoms with Crippen LogP contribution >= 0.6 is 0 Å². The number of carbonyl (C=O) groups excluding carboxylic acids is 11. The minimum atomic E-state index is -1.56. The van der Waals surface area contributed by atoms with Crippen LogP contribution in [0.4, 0.5) is 4.39 Å². The molecule has 4 aromatic carbocycles. The third kappa shape index (κ3) is 17.9. The number of ether oxygens (including phenoxy) is 1. The fraction of sp³-hybridized carbons (Fsp3) is 0.479. The molecule has 5 aromatic rings. The first-order valence-electron chi connectivity index (χ1n) is 32.8. The van der Waals surface area contributed by atoms with Gasteiger partial charge in [0.2, 0.25) is 41.4 Å². The highest BCUT2D eigenvalue weighted by molar-refractivity contribution is 6.00. The first-order valence-corrected chi connectivity index (χ1v) is 32.8. The van der Waals surface area contributed by atoms with Gasteiger partial charge in [-0.25, -0.2) is 4.39 Å². The fourth-order valence-corrected chi connectivity index (χ4v) is 13.2. The van der Waals surface area contributed by atoms with Crippen LogP contribution in [0.1, 0.15) is 118 Å². The molecule has 6 heterocycles. The lowest BCUT2D eigenvalue weighted by molar-refractivity contribution is -0.148. The van der Waals surface area contributed by atoms with Gasteiger partial charge in [0.25, 0.3) is 0 Å². The third-order valence-corrected chi connectivity index (χ3v) is 18.9. The van der Waals surface area contributed by atoms with Crippen molar-refractivity contribution in [2.45, 2.75) is 172 Å². The second-order valence-electron chi connectivity index (χ2n) is 25.9. The van der Waals surface area contributed by atoms with Gasteiger partial charge in [-0.05, 0) is 129 Å². The summed E-state index contributed by atoms with van der Waals surface area (Å²) < 4.78 is 21.3. The van der Waals surface area contributed by atoms with E-state index in [0.29, 0.717) is 58.0 Å². The van der Waals surface area contributed by atoms with Gasteiger partial charge in [-0.15, -0.1) is 0 Å². The van der Waals surface area contributed by atoms with Gasteiger partial charge < -0.3 is 62.1 Å². The number of aromatic amines is 1. The zero-order valence-electron chi connectivity index (χ0n) is 53.9. The Morgan fingerprint density at radius 2 is 1.38 bits per heavy atom. The number of fused-ring (bicyclic) bond motifs is 26. The SMILES string of the molecule is C[C@H]1NC(=O)[C@H](CN)NC(=O)CCC(=O)CCc2ccc(cc2)CCNC(=O)[C@]2(C)CCCN2C(=O)[C@H](Cc2ccc(CO)cc2)NC(=O)[C@H]([C@@H](C)O)CC(=O)[C@@H]2[C@@H]3CCN2C(=O)[C@H](Cc2c[nH]c4ccc(F)cc24)CC(=O)[C@H](Cc2cccc(c2)CCC(=O)CO3)NC1=O. The number of nitrogens with one attached hydrogen (secondary N) is 6. The molecule has 0 aliphatic carbocycles. The summed E-state index contributed by atoms with van der Waals surface area (Å²) in [6, 6.07) is 18.4. The van der Waals surface area contributed by atoms with E-state index in [1.54, 1.807) is 61.7 Å². The summed E-state index contributed by atoms with van der Waals surface area (Å²) in [5.74, 6) is -10.4. The number of carbonyl (C=O) groups is 11. The van der Waals surface area contributed by atoms with Crippen LogP contribution in [0.5, 0.6) is 0 Å². The molecule has 24 heteroatoms. The van der Waals surface area contributed by atoms with E-state index < -0.39 is 138 Å². The molecule has 23 nitrogen and oxygen atoms in total. The van der Waals surface area contributed by atoms with Crippen LogP contribution in [-0.2, 0) is 103 Å². The lowest BCUT2D eigenvalue weighted by Crippen LogP contribution is -2.60. The molecule has 0 unspecified atom stereocenters. The van der Waals surface area contributed by atoms with Gasteiger partial charge in [-0.3, -0.25) is 52.7 Å². The van der Waals surface area contributed by atoms with Crippen LogP contribution in [0.3, 0.4) is 0 Å². The maximum Gasteiger partial charge on any atom is 0.246 e. The molecule has 2 fully saturated rings. The van der Waals surface area contributed by atoms with E-state index in [-0.39, 0.29) is 109 Å². The van der Waals surface area contributed by atoms with Crippen LogP contribution in [-0.4, -0.2) is 170 Å². The minimum Gasteiger partial charge on any atom is -0.393 e. The van der Waals surface area contributed by atoms with Crippen molar-refractivity contribution in [1.82, 2.24) is 41.4 Å². The Labute approximate surface area is 550 Å². The summed E-state index contributed by atoms with van der Waals surface area (Å²) in [5, 5.41) is 35.5. The number of halogens is 1. The Morgan fingerprint density at radius 3 is 2.11 bits per heavy atom. The number of aliphatic hydroxyl groups excluding tert-OH is 2. The number of nitrogens with zero attached hydrogens (tertiary/aromatic N) is 2. The van der Waals surface area contributed by atoms with Crippen molar-refractivity contribution in [1.29, 1.82) is 0 Å². The number of aryl methyl sites for hydroxylation is 2. The Balaban J connectivity index is 1.07. The smallest absolute Gasteiger partial charge is 0.246 e. The van der Waals surface area contributed by atoms with E-state index in [1.165, 1.54) is 41.8 Å². The van der Waals surface area contributed by atoms with E-state index in [1.807, 2.05) is 24.3 Å². The second kappa shape index (κ2) is 32.1. The highest BCUT2D eigenvalue weighted by Gasteiger charge is 2.49. The van der Waals surface area contributed by atoms with Crippen molar-refractivity contribution in [2.75, 3.05) is 32.8 Å². The molecule has 0 radical (unpaired) electrons. The number of ketones is 4. The number of H-pyrrole nitrogens is 1. The van der Waals surface area contributed by atoms with Gasteiger partial charge in [0, 0.05) is 94.1 Å². The molecule has 7 amide bonds.